The lowest BCUT2D eigenvalue weighted by molar-refractivity contribution is 0.372. The Balaban J connectivity index is 2.03. The zero-order chi connectivity index (χ0) is 11.7. The molecule has 0 atom stereocenters. The van der Waals surface area contributed by atoms with Gasteiger partial charge in [-0.3, -0.25) is 0 Å². The second-order valence-electron chi connectivity index (χ2n) is 4.18. The van der Waals surface area contributed by atoms with Crippen LogP contribution < -0.4 is 4.74 Å². The van der Waals surface area contributed by atoms with Crippen molar-refractivity contribution in [3.8, 4) is 5.75 Å². The summed E-state index contributed by atoms with van der Waals surface area (Å²) >= 11 is 0. The van der Waals surface area contributed by atoms with Crippen molar-refractivity contribution < 1.29 is 4.74 Å². The van der Waals surface area contributed by atoms with Crippen molar-refractivity contribution in [1.29, 1.82) is 0 Å². The van der Waals surface area contributed by atoms with Crippen LogP contribution in [0, 0.1) is 6.92 Å². The number of rotatable bonds is 1. The Morgan fingerprint density at radius 1 is 1.06 bits per heavy atom. The van der Waals surface area contributed by atoms with Gasteiger partial charge in [0.1, 0.15) is 18.0 Å². The topological polar surface area (TPSA) is 21.6 Å². The van der Waals surface area contributed by atoms with E-state index in [0.717, 1.165) is 22.7 Å². The standard InChI is InChI=1S/C15H13NO/c1-11-7-8-13-15(9-11)17-10-14(16-13)12-5-3-2-4-6-12/h2-9H,10H2,1H3. The third kappa shape index (κ3) is 1.94. The maximum Gasteiger partial charge on any atom is 0.145 e. The van der Waals surface area contributed by atoms with Gasteiger partial charge < -0.3 is 4.74 Å². The SMILES string of the molecule is Cc1ccc2c(c1)OCC(c1ccccc1)=N2. The van der Waals surface area contributed by atoms with Crippen molar-refractivity contribution in [2.24, 2.45) is 4.99 Å². The van der Waals surface area contributed by atoms with Crippen molar-refractivity contribution in [2.45, 2.75) is 6.92 Å². The van der Waals surface area contributed by atoms with Crippen LogP contribution in [0.2, 0.25) is 0 Å². The number of hydrogen-bond donors (Lipinski definition) is 0. The third-order valence-corrected chi connectivity index (χ3v) is 2.84. The molecule has 1 heterocycles. The number of benzene rings is 2. The van der Waals surface area contributed by atoms with E-state index in [1.807, 2.05) is 30.3 Å². The largest absolute Gasteiger partial charge is 0.485 e. The fraction of sp³-hybridized carbons (Fsp3) is 0.133. The highest BCUT2D eigenvalue weighted by molar-refractivity contribution is 6.04. The Bertz CT molecular complexity index is 573. The molecule has 2 aromatic rings. The Morgan fingerprint density at radius 3 is 2.71 bits per heavy atom. The van der Waals surface area contributed by atoms with Crippen molar-refractivity contribution in [2.75, 3.05) is 6.61 Å². The van der Waals surface area contributed by atoms with E-state index < -0.39 is 0 Å². The average molecular weight is 223 g/mol. The Kier molecular flexibility index (Phi) is 2.41. The number of aliphatic imine (C=N–C) groups is 1. The maximum absolute atomic E-state index is 5.74. The van der Waals surface area contributed by atoms with Gasteiger partial charge in [-0.15, -0.1) is 0 Å². The molecule has 0 fully saturated rings. The van der Waals surface area contributed by atoms with Gasteiger partial charge in [-0.25, -0.2) is 4.99 Å². The molecule has 0 amide bonds. The molecule has 2 aromatic carbocycles. The molecule has 0 radical (unpaired) electrons. The van der Waals surface area contributed by atoms with Crippen LogP contribution in [0.5, 0.6) is 5.75 Å². The molecule has 84 valence electrons. The molecule has 0 aliphatic carbocycles. The molecule has 1 aliphatic heterocycles. The smallest absolute Gasteiger partial charge is 0.145 e. The lowest BCUT2D eigenvalue weighted by Crippen LogP contribution is -2.16. The number of ether oxygens (including phenoxy) is 1. The molecule has 0 saturated carbocycles. The highest BCUT2D eigenvalue weighted by atomic mass is 16.5. The quantitative estimate of drug-likeness (QED) is 0.725. The van der Waals surface area contributed by atoms with Gasteiger partial charge in [-0.1, -0.05) is 36.4 Å². The summed E-state index contributed by atoms with van der Waals surface area (Å²) in [5.41, 5.74) is 4.23. The fourth-order valence-corrected chi connectivity index (χ4v) is 1.93. The summed E-state index contributed by atoms with van der Waals surface area (Å²) in [5, 5.41) is 0. The van der Waals surface area contributed by atoms with Crippen molar-refractivity contribution in [3.05, 3.63) is 59.7 Å². The van der Waals surface area contributed by atoms with E-state index in [9.17, 15) is 0 Å². The first-order valence-electron chi connectivity index (χ1n) is 5.69. The van der Waals surface area contributed by atoms with Crippen LogP contribution in [0.3, 0.4) is 0 Å². The molecule has 2 nitrogen and oxygen atoms in total. The van der Waals surface area contributed by atoms with Crippen LogP contribution in [0.25, 0.3) is 0 Å². The molecule has 0 aromatic heterocycles. The minimum Gasteiger partial charge on any atom is -0.485 e. The van der Waals surface area contributed by atoms with Crippen molar-refractivity contribution in [3.63, 3.8) is 0 Å². The predicted octanol–water partition coefficient (Wildman–Crippen LogP) is 3.51. The Labute approximate surface area is 101 Å². The molecule has 17 heavy (non-hydrogen) atoms. The zero-order valence-corrected chi connectivity index (χ0v) is 9.68. The summed E-state index contributed by atoms with van der Waals surface area (Å²) < 4.78 is 5.74. The first kappa shape index (κ1) is 10.1. The molecule has 1 aliphatic rings. The van der Waals surface area contributed by atoms with Crippen LogP contribution in [0.15, 0.2) is 53.5 Å². The first-order valence-corrected chi connectivity index (χ1v) is 5.69. The Hall–Kier alpha value is -2.09. The number of hydrogen-bond acceptors (Lipinski definition) is 2. The van der Waals surface area contributed by atoms with Gasteiger partial charge in [0, 0.05) is 0 Å². The van der Waals surface area contributed by atoms with E-state index in [0.29, 0.717) is 6.61 Å². The summed E-state index contributed by atoms with van der Waals surface area (Å²) in [6.45, 7) is 2.60. The van der Waals surface area contributed by atoms with E-state index in [2.05, 4.69) is 30.1 Å². The monoisotopic (exact) mass is 223 g/mol. The molecule has 0 saturated heterocycles. The molecule has 0 bridgehead atoms. The first-order chi connectivity index (χ1) is 8.33. The molecule has 3 rings (SSSR count). The fourth-order valence-electron chi connectivity index (χ4n) is 1.93. The average Bonchev–Trinajstić information content (AvgIpc) is 2.39. The van der Waals surface area contributed by atoms with Gasteiger partial charge in [0.05, 0.1) is 5.71 Å². The molecule has 0 N–H and O–H groups in total. The van der Waals surface area contributed by atoms with Gasteiger partial charge in [-0.2, -0.15) is 0 Å². The molecular weight excluding hydrogens is 210 g/mol. The van der Waals surface area contributed by atoms with E-state index in [4.69, 9.17) is 4.74 Å². The summed E-state index contributed by atoms with van der Waals surface area (Å²) in [4.78, 5) is 4.65. The number of aryl methyl sites for hydroxylation is 1. The summed E-state index contributed by atoms with van der Waals surface area (Å²) in [5.74, 6) is 0.879. The number of fused-ring (bicyclic) bond motifs is 1. The Morgan fingerprint density at radius 2 is 1.88 bits per heavy atom. The normalized spacial score (nSPS) is 13.6. The third-order valence-electron chi connectivity index (χ3n) is 2.84. The van der Waals surface area contributed by atoms with Gasteiger partial charge in [-0.05, 0) is 30.2 Å². The minimum absolute atomic E-state index is 0.542. The highest BCUT2D eigenvalue weighted by Crippen LogP contribution is 2.32. The second kappa shape index (κ2) is 4.06. The lowest BCUT2D eigenvalue weighted by Gasteiger charge is -2.17. The van der Waals surface area contributed by atoms with Crippen LogP contribution in [0.1, 0.15) is 11.1 Å². The highest BCUT2D eigenvalue weighted by Gasteiger charge is 2.13. The van der Waals surface area contributed by atoms with Crippen LogP contribution >= 0.6 is 0 Å². The zero-order valence-electron chi connectivity index (χ0n) is 9.68. The van der Waals surface area contributed by atoms with Crippen LogP contribution in [0.4, 0.5) is 5.69 Å². The van der Waals surface area contributed by atoms with Gasteiger partial charge in [0.15, 0.2) is 0 Å². The summed E-state index contributed by atoms with van der Waals surface area (Å²) in [6, 6.07) is 16.2. The number of nitrogens with zero attached hydrogens (tertiary/aromatic N) is 1. The maximum atomic E-state index is 5.74. The minimum atomic E-state index is 0.542. The van der Waals surface area contributed by atoms with E-state index in [1.165, 1.54) is 5.56 Å². The molecular formula is C15H13NO. The molecule has 2 heteroatoms. The van der Waals surface area contributed by atoms with Gasteiger partial charge >= 0.3 is 0 Å². The lowest BCUT2D eigenvalue weighted by atomic mass is 10.1. The van der Waals surface area contributed by atoms with Crippen LogP contribution in [-0.2, 0) is 0 Å². The van der Waals surface area contributed by atoms with Gasteiger partial charge in [0.2, 0.25) is 0 Å². The summed E-state index contributed by atoms with van der Waals surface area (Å²) in [7, 11) is 0. The van der Waals surface area contributed by atoms with E-state index >= 15 is 0 Å². The van der Waals surface area contributed by atoms with E-state index in [-0.39, 0.29) is 0 Å². The van der Waals surface area contributed by atoms with E-state index in [1.54, 1.807) is 0 Å². The van der Waals surface area contributed by atoms with Crippen LogP contribution in [-0.4, -0.2) is 12.3 Å². The van der Waals surface area contributed by atoms with Crippen molar-refractivity contribution in [1.82, 2.24) is 0 Å². The van der Waals surface area contributed by atoms with Crippen molar-refractivity contribution >= 4 is 11.4 Å². The van der Waals surface area contributed by atoms with Gasteiger partial charge in [0.25, 0.3) is 0 Å². The predicted molar refractivity (Wildman–Crippen MR) is 69.3 cm³/mol. The summed E-state index contributed by atoms with van der Waals surface area (Å²) in [6.07, 6.45) is 0. The second-order valence-corrected chi connectivity index (χ2v) is 4.18. The molecule has 0 unspecified atom stereocenters. The molecule has 0 spiro atoms.